The Kier molecular flexibility index (Phi) is 5.79. The summed E-state index contributed by atoms with van der Waals surface area (Å²) < 4.78 is 27.4. The molecule has 0 saturated heterocycles. The number of hydrogen-bond acceptors (Lipinski definition) is 4. The third-order valence-corrected chi connectivity index (χ3v) is 6.59. The number of amides is 1. The Labute approximate surface area is 160 Å². The molecule has 1 aliphatic carbocycles. The quantitative estimate of drug-likeness (QED) is 0.851. The summed E-state index contributed by atoms with van der Waals surface area (Å²) >= 11 is 0. The molecule has 1 aromatic carbocycles. The van der Waals surface area contributed by atoms with Crippen molar-refractivity contribution in [1.29, 1.82) is 0 Å². The fraction of sp³-hybridized carbons (Fsp3) is 0.400. The lowest BCUT2D eigenvalue weighted by Crippen LogP contribution is -2.39. The van der Waals surface area contributed by atoms with Crippen molar-refractivity contribution in [2.24, 2.45) is 5.92 Å². The Hall–Kier alpha value is -2.41. The molecule has 0 atom stereocenters. The summed E-state index contributed by atoms with van der Waals surface area (Å²) in [7, 11) is -1.87. The van der Waals surface area contributed by atoms with Crippen molar-refractivity contribution in [1.82, 2.24) is 9.88 Å². The van der Waals surface area contributed by atoms with Gasteiger partial charge in [-0.1, -0.05) is 6.92 Å². The highest BCUT2D eigenvalue weighted by Gasteiger charge is 2.25. The molecule has 0 radical (unpaired) electrons. The fourth-order valence-electron chi connectivity index (χ4n) is 3.41. The minimum Gasteiger partial charge on any atom is -0.339 e. The number of hydrogen-bond donors (Lipinski definition) is 1. The molecule has 27 heavy (non-hydrogen) atoms. The summed E-state index contributed by atoms with van der Waals surface area (Å²) in [5, 5.41) is 0. The van der Waals surface area contributed by atoms with Crippen LogP contribution in [0.5, 0.6) is 0 Å². The van der Waals surface area contributed by atoms with E-state index in [9.17, 15) is 13.2 Å². The zero-order chi connectivity index (χ0) is 19.4. The van der Waals surface area contributed by atoms with Gasteiger partial charge in [0.15, 0.2) is 0 Å². The maximum Gasteiger partial charge on any atom is 0.261 e. The number of carbonyl (C=O) groups is 1. The van der Waals surface area contributed by atoms with E-state index in [1.54, 1.807) is 29.2 Å². The minimum absolute atomic E-state index is 0.0689. The topological polar surface area (TPSA) is 79.4 Å². The third-order valence-electron chi connectivity index (χ3n) is 5.20. The lowest BCUT2D eigenvalue weighted by atomic mass is 9.86. The molecular formula is C20H25N3O3S. The average Bonchev–Trinajstić information content (AvgIpc) is 2.68. The Morgan fingerprint density at radius 2 is 1.63 bits per heavy atom. The van der Waals surface area contributed by atoms with Gasteiger partial charge in [0.05, 0.1) is 10.6 Å². The molecule has 144 valence electrons. The predicted octanol–water partition coefficient (Wildman–Crippen LogP) is 3.53. The Morgan fingerprint density at radius 3 is 2.22 bits per heavy atom. The van der Waals surface area contributed by atoms with Gasteiger partial charge in [0.25, 0.3) is 15.9 Å². The second-order valence-electron chi connectivity index (χ2n) is 7.20. The summed E-state index contributed by atoms with van der Waals surface area (Å²) in [5.74, 6) is 0.655. The molecule has 0 unspecified atom stereocenters. The van der Waals surface area contributed by atoms with Gasteiger partial charge in [0.2, 0.25) is 0 Å². The second kappa shape index (κ2) is 8.08. The lowest BCUT2D eigenvalue weighted by Gasteiger charge is -2.33. The van der Waals surface area contributed by atoms with Crippen molar-refractivity contribution in [3.63, 3.8) is 0 Å². The van der Waals surface area contributed by atoms with E-state index >= 15 is 0 Å². The molecule has 2 aromatic rings. The number of sulfonamides is 1. The van der Waals surface area contributed by atoms with Gasteiger partial charge in [-0.15, -0.1) is 0 Å². The van der Waals surface area contributed by atoms with E-state index in [-0.39, 0.29) is 16.8 Å². The molecule has 1 heterocycles. The number of pyridine rings is 1. The van der Waals surface area contributed by atoms with Crippen LogP contribution in [0, 0.1) is 5.92 Å². The van der Waals surface area contributed by atoms with Crippen molar-refractivity contribution in [3.05, 3.63) is 54.4 Å². The third kappa shape index (κ3) is 4.66. The number of nitrogens with zero attached hydrogens (tertiary/aromatic N) is 2. The largest absolute Gasteiger partial charge is 0.339 e. The summed E-state index contributed by atoms with van der Waals surface area (Å²) in [6.45, 7) is 2.25. The molecule has 1 N–H and O–H groups in total. The lowest BCUT2D eigenvalue weighted by molar-refractivity contribution is 0.0679. The fourth-order valence-corrected chi connectivity index (χ4v) is 4.47. The van der Waals surface area contributed by atoms with Crippen LogP contribution in [-0.4, -0.2) is 37.3 Å². The standard InChI is InChI=1S/C20H25N3O3S/c1-15-3-7-18(8-4-15)23(2)20(24)16-5-9-19(10-6-16)27(25,26)22-17-11-13-21-14-12-17/h5-6,9-15,18H,3-4,7-8H2,1-2H3,(H,21,22). The van der Waals surface area contributed by atoms with E-state index < -0.39 is 10.0 Å². The van der Waals surface area contributed by atoms with Crippen molar-refractivity contribution >= 4 is 21.6 Å². The van der Waals surface area contributed by atoms with Crippen LogP contribution < -0.4 is 4.72 Å². The van der Waals surface area contributed by atoms with Crippen LogP contribution in [0.3, 0.4) is 0 Å². The van der Waals surface area contributed by atoms with E-state index in [2.05, 4.69) is 16.6 Å². The normalized spacial score (nSPS) is 20.1. The summed E-state index contributed by atoms with van der Waals surface area (Å²) in [6, 6.07) is 9.49. The van der Waals surface area contributed by atoms with Gasteiger partial charge in [0, 0.05) is 31.0 Å². The number of nitrogens with one attached hydrogen (secondary N) is 1. The average molecular weight is 388 g/mol. The second-order valence-corrected chi connectivity index (χ2v) is 8.88. The first kappa shape index (κ1) is 19.4. The predicted molar refractivity (Wildman–Crippen MR) is 105 cm³/mol. The first-order chi connectivity index (χ1) is 12.9. The molecule has 1 amide bonds. The van der Waals surface area contributed by atoms with Gasteiger partial charge >= 0.3 is 0 Å². The van der Waals surface area contributed by atoms with Crippen molar-refractivity contribution in [2.45, 2.75) is 43.5 Å². The van der Waals surface area contributed by atoms with E-state index in [0.717, 1.165) is 31.6 Å². The number of carbonyl (C=O) groups excluding carboxylic acids is 1. The van der Waals surface area contributed by atoms with Gasteiger partial charge in [0.1, 0.15) is 0 Å². The Balaban J connectivity index is 1.70. The number of anilines is 1. The SMILES string of the molecule is CC1CCC(N(C)C(=O)c2ccc(S(=O)(=O)Nc3ccncc3)cc2)CC1. The molecule has 0 spiro atoms. The van der Waals surface area contributed by atoms with Crippen molar-refractivity contribution in [2.75, 3.05) is 11.8 Å². The molecule has 7 heteroatoms. The molecule has 1 aromatic heterocycles. The van der Waals surface area contributed by atoms with Gasteiger partial charge in [-0.3, -0.25) is 14.5 Å². The maximum absolute atomic E-state index is 12.7. The highest BCUT2D eigenvalue weighted by Crippen LogP contribution is 2.27. The molecule has 1 saturated carbocycles. The van der Waals surface area contributed by atoms with Crippen LogP contribution in [0.25, 0.3) is 0 Å². The van der Waals surface area contributed by atoms with Crippen molar-refractivity contribution < 1.29 is 13.2 Å². The number of aromatic nitrogens is 1. The molecular weight excluding hydrogens is 362 g/mol. The highest BCUT2D eigenvalue weighted by atomic mass is 32.2. The minimum atomic E-state index is -3.71. The van der Waals surface area contributed by atoms with Crippen molar-refractivity contribution in [3.8, 4) is 0 Å². The van der Waals surface area contributed by atoms with E-state index in [4.69, 9.17) is 0 Å². The molecule has 1 aliphatic rings. The van der Waals surface area contributed by atoms with Crippen LogP contribution in [0.4, 0.5) is 5.69 Å². The van der Waals surface area contributed by atoms with E-state index in [1.807, 2.05) is 7.05 Å². The van der Waals surface area contributed by atoms with E-state index in [1.165, 1.54) is 24.5 Å². The van der Waals surface area contributed by atoms with Gasteiger partial charge in [-0.05, 0) is 68.0 Å². The van der Waals surface area contributed by atoms with Gasteiger partial charge < -0.3 is 4.90 Å². The van der Waals surface area contributed by atoms with Crippen LogP contribution in [0.1, 0.15) is 43.0 Å². The number of benzene rings is 1. The highest BCUT2D eigenvalue weighted by molar-refractivity contribution is 7.92. The maximum atomic E-state index is 12.7. The summed E-state index contributed by atoms with van der Waals surface area (Å²) in [6.07, 6.45) is 7.35. The van der Waals surface area contributed by atoms with Gasteiger partial charge in [-0.2, -0.15) is 0 Å². The molecule has 3 rings (SSSR count). The Morgan fingerprint density at radius 1 is 1.04 bits per heavy atom. The number of rotatable bonds is 5. The van der Waals surface area contributed by atoms with Crippen LogP contribution in [0.15, 0.2) is 53.7 Å². The molecule has 6 nitrogen and oxygen atoms in total. The van der Waals surface area contributed by atoms with Gasteiger partial charge in [-0.25, -0.2) is 8.42 Å². The monoisotopic (exact) mass is 387 g/mol. The molecule has 0 bridgehead atoms. The molecule has 0 aliphatic heterocycles. The van der Waals surface area contributed by atoms with Crippen LogP contribution >= 0.6 is 0 Å². The summed E-state index contributed by atoms with van der Waals surface area (Å²) in [5.41, 5.74) is 0.940. The zero-order valence-electron chi connectivity index (χ0n) is 15.6. The zero-order valence-corrected chi connectivity index (χ0v) is 16.4. The van der Waals surface area contributed by atoms with E-state index in [0.29, 0.717) is 11.3 Å². The smallest absolute Gasteiger partial charge is 0.261 e. The van der Waals surface area contributed by atoms with Crippen LogP contribution in [-0.2, 0) is 10.0 Å². The Bertz CT molecular complexity index is 874. The molecule has 1 fully saturated rings. The first-order valence-corrected chi connectivity index (χ1v) is 10.7. The van der Waals surface area contributed by atoms with Crippen LogP contribution in [0.2, 0.25) is 0 Å². The first-order valence-electron chi connectivity index (χ1n) is 9.17. The summed E-state index contributed by atoms with van der Waals surface area (Å²) in [4.78, 5) is 18.5.